The lowest BCUT2D eigenvalue weighted by Gasteiger charge is -2.33. The molecule has 3 rings (SSSR count). The fraction of sp³-hybridized carbons (Fsp3) is 0.450. The van der Waals surface area contributed by atoms with Gasteiger partial charge in [-0.25, -0.2) is 0 Å². The summed E-state index contributed by atoms with van der Waals surface area (Å²) in [5.41, 5.74) is 0. The van der Waals surface area contributed by atoms with Crippen LogP contribution < -0.4 is 10.2 Å². The van der Waals surface area contributed by atoms with E-state index in [0.717, 1.165) is 46.0 Å². The van der Waals surface area contributed by atoms with Crippen LogP contribution in [0.2, 0.25) is 0 Å². The summed E-state index contributed by atoms with van der Waals surface area (Å²) in [6.07, 6.45) is 2.52. The van der Waals surface area contributed by atoms with Crippen LogP contribution in [0, 0.1) is 5.92 Å². The molecule has 0 saturated carbocycles. The van der Waals surface area contributed by atoms with Crippen LogP contribution in [0.5, 0.6) is 0 Å². The van der Waals surface area contributed by atoms with Gasteiger partial charge in [-0.15, -0.1) is 10.2 Å². The number of anilines is 1. The molecule has 28 heavy (non-hydrogen) atoms. The molecule has 0 unspecified atom stereocenters. The van der Waals surface area contributed by atoms with E-state index in [1.165, 1.54) is 0 Å². The Bertz CT molecular complexity index is 769. The number of aliphatic hydroxyl groups is 1. The van der Waals surface area contributed by atoms with Gasteiger partial charge in [-0.05, 0) is 55.7 Å². The van der Waals surface area contributed by atoms with E-state index in [1.807, 2.05) is 43.3 Å². The van der Waals surface area contributed by atoms with E-state index < -0.39 is 0 Å². The Morgan fingerprint density at radius 3 is 2.75 bits per heavy atom. The molecule has 2 atom stereocenters. The third-order valence-electron chi connectivity index (χ3n) is 4.84. The minimum absolute atomic E-state index is 0.0148. The fourth-order valence-corrected chi connectivity index (χ4v) is 4.15. The van der Waals surface area contributed by atoms with Crippen LogP contribution in [-0.2, 0) is 4.79 Å². The van der Waals surface area contributed by atoms with Gasteiger partial charge in [0.2, 0.25) is 5.91 Å². The van der Waals surface area contributed by atoms with Crippen LogP contribution in [-0.4, -0.2) is 46.9 Å². The number of hydrogen-bond donors (Lipinski definition) is 2. The molecular formula is C20H25BrN4O2S. The van der Waals surface area contributed by atoms with E-state index in [-0.39, 0.29) is 24.5 Å². The van der Waals surface area contributed by atoms with Crippen molar-refractivity contribution in [3.05, 3.63) is 40.9 Å². The van der Waals surface area contributed by atoms with E-state index in [2.05, 4.69) is 36.3 Å². The van der Waals surface area contributed by atoms with Crippen molar-refractivity contribution < 1.29 is 9.90 Å². The van der Waals surface area contributed by atoms with Gasteiger partial charge in [-0.2, -0.15) is 0 Å². The predicted molar refractivity (Wildman–Crippen MR) is 115 cm³/mol. The first-order valence-electron chi connectivity index (χ1n) is 9.52. The van der Waals surface area contributed by atoms with Crippen LogP contribution in [0.25, 0.3) is 0 Å². The Kier molecular flexibility index (Phi) is 7.70. The molecule has 1 fully saturated rings. The molecule has 1 aromatic heterocycles. The Balaban J connectivity index is 1.60. The zero-order chi connectivity index (χ0) is 19.9. The smallest absolute Gasteiger partial charge is 0.225 e. The number of nitrogens with one attached hydrogen (secondary N) is 1. The zero-order valence-electron chi connectivity index (χ0n) is 15.8. The van der Waals surface area contributed by atoms with Crippen LogP contribution in [0.3, 0.4) is 0 Å². The Morgan fingerprint density at radius 1 is 1.32 bits per heavy atom. The molecule has 1 aliphatic rings. The molecule has 1 aromatic carbocycles. The van der Waals surface area contributed by atoms with Gasteiger partial charge in [0.15, 0.2) is 5.82 Å². The first-order chi connectivity index (χ1) is 13.6. The maximum Gasteiger partial charge on any atom is 0.225 e. The number of hydrogen-bond acceptors (Lipinski definition) is 6. The molecule has 8 heteroatoms. The summed E-state index contributed by atoms with van der Waals surface area (Å²) < 4.78 is 1.05. The largest absolute Gasteiger partial charge is 0.394 e. The Labute approximate surface area is 178 Å². The van der Waals surface area contributed by atoms with Gasteiger partial charge in [0.1, 0.15) is 5.03 Å². The van der Waals surface area contributed by atoms with E-state index in [4.69, 9.17) is 0 Å². The van der Waals surface area contributed by atoms with Crippen LogP contribution >= 0.6 is 27.7 Å². The van der Waals surface area contributed by atoms with Crippen molar-refractivity contribution in [2.45, 2.75) is 42.1 Å². The lowest BCUT2D eigenvalue weighted by Crippen LogP contribution is -2.47. The average molecular weight is 465 g/mol. The molecule has 0 aliphatic carbocycles. The molecule has 0 bridgehead atoms. The van der Waals surface area contributed by atoms with Gasteiger partial charge in [-0.1, -0.05) is 34.6 Å². The number of halogens is 1. The van der Waals surface area contributed by atoms with Gasteiger partial charge in [0, 0.05) is 22.5 Å². The second-order valence-corrected chi connectivity index (χ2v) is 8.88. The molecule has 2 N–H and O–H groups in total. The molecule has 1 aliphatic heterocycles. The minimum atomic E-state index is -0.169. The quantitative estimate of drug-likeness (QED) is 0.652. The normalized spacial score (nSPS) is 18.0. The monoisotopic (exact) mass is 464 g/mol. The molecule has 0 radical (unpaired) electrons. The summed E-state index contributed by atoms with van der Waals surface area (Å²) >= 11 is 5.01. The van der Waals surface area contributed by atoms with Gasteiger partial charge < -0.3 is 15.3 Å². The molecule has 6 nitrogen and oxygen atoms in total. The molecular weight excluding hydrogens is 440 g/mol. The number of piperidine rings is 1. The second-order valence-electron chi connectivity index (χ2n) is 6.87. The minimum Gasteiger partial charge on any atom is -0.394 e. The highest BCUT2D eigenvalue weighted by Crippen LogP contribution is 2.28. The fourth-order valence-electron chi connectivity index (χ4n) is 3.15. The molecule has 2 heterocycles. The topological polar surface area (TPSA) is 78.4 Å². The molecule has 2 aromatic rings. The zero-order valence-corrected chi connectivity index (χ0v) is 18.2. The van der Waals surface area contributed by atoms with E-state index in [9.17, 15) is 9.90 Å². The van der Waals surface area contributed by atoms with Crippen molar-refractivity contribution >= 4 is 39.4 Å². The third-order valence-corrected chi connectivity index (χ3v) is 6.30. The Morgan fingerprint density at radius 2 is 2.11 bits per heavy atom. The SMILES string of the molecule is CC[C@H](CO)NC(=O)[C@H]1CCCN(c2ccc(Sc3ccc(Br)cc3)nn2)C1. The van der Waals surface area contributed by atoms with Crippen molar-refractivity contribution in [3.8, 4) is 0 Å². The van der Waals surface area contributed by atoms with Gasteiger partial charge in [0.25, 0.3) is 0 Å². The number of carbonyl (C=O) groups is 1. The summed E-state index contributed by atoms with van der Waals surface area (Å²) in [7, 11) is 0. The average Bonchev–Trinajstić information content (AvgIpc) is 2.74. The van der Waals surface area contributed by atoms with E-state index >= 15 is 0 Å². The van der Waals surface area contributed by atoms with Gasteiger partial charge >= 0.3 is 0 Å². The lowest BCUT2D eigenvalue weighted by atomic mass is 9.96. The summed E-state index contributed by atoms with van der Waals surface area (Å²) in [5, 5.41) is 21.8. The van der Waals surface area contributed by atoms with Gasteiger partial charge in [-0.3, -0.25) is 4.79 Å². The van der Waals surface area contributed by atoms with Gasteiger partial charge in [0.05, 0.1) is 18.6 Å². The second kappa shape index (κ2) is 10.2. The number of carbonyl (C=O) groups excluding carboxylic acids is 1. The van der Waals surface area contributed by atoms with Crippen LogP contribution in [0.1, 0.15) is 26.2 Å². The summed E-state index contributed by atoms with van der Waals surface area (Å²) in [6.45, 7) is 3.43. The van der Waals surface area contributed by atoms with Crippen LogP contribution in [0.15, 0.2) is 50.8 Å². The van der Waals surface area contributed by atoms with Crippen molar-refractivity contribution in [1.82, 2.24) is 15.5 Å². The molecule has 1 amide bonds. The van der Waals surface area contributed by atoms with E-state index in [1.54, 1.807) is 11.8 Å². The summed E-state index contributed by atoms with van der Waals surface area (Å²) in [5.74, 6) is 0.723. The number of aromatic nitrogens is 2. The number of aliphatic hydroxyl groups excluding tert-OH is 1. The summed E-state index contributed by atoms with van der Waals surface area (Å²) in [6, 6.07) is 11.8. The number of amides is 1. The van der Waals surface area contributed by atoms with Crippen molar-refractivity contribution in [2.24, 2.45) is 5.92 Å². The maximum atomic E-state index is 12.5. The third kappa shape index (κ3) is 5.68. The summed E-state index contributed by atoms with van der Waals surface area (Å²) in [4.78, 5) is 15.7. The molecule has 1 saturated heterocycles. The predicted octanol–water partition coefficient (Wildman–Crippen LogP) is 3.49. The first kappa shape index (κ1) is 21.1. The highest BCUT2D eigenvalue weighted by Gasteiger charge is 2.27. The Hall–Kier alpha value is -1.64. The van der Waals surface area contributed by atoms with E-state index in [0.29, 0.717) is 6.54 Å². The van der Waals surface area contributed by atoms with Crippen molar-refractivity contribution in [1.29, 1.82) is 0 Å². The highest BCUT2D eigenvalue weighted by molar-refractivity contribution is 9.10. The lowest BCUT2D eigenvalue weighted by molar-refractivity contribution is -0.126. The highest BCUT2D eigenvalue weighted by atomic mass is 79.9. The first-order valence-corrected chi connectivity index (χ1v) is 11.1. The molecule has 150 valence electrons. The number of rotatable bonds is 7. The van der Waals surface area contributed by atoms with Crippen LogP contribution in [0.4, 0.5) is 5.82 Å². The maximum absolute atomic E-state index is 12.5. The standard InChI is InChI=1S/C20H25BrN4O2S/c1-2-16(13-26)22-20(27)14-4-3-11-25(12-14)18-9-10-19(24-23-18)28-17-7-5-15(21)6-8-17/h5-10,14,16,26H,2-4,11-13H2,1H3,(H,22,27)/t14-,16+/m0/s1. The van der Waals surface area contributed by atoms with Crippen molar-refractivity contribution in [3.63, 3.8) is 0 Å². The molecule has 0 spiro atoms. The number of benzene rings is 1. The van der Waals surface area contributed by atoms with Crippen molar-refractivity contribution in [2.75, 3.05) is 24.6 Å². The number of nitrogens with zero attached hydrogens (tertiary/aromatic N) is 3.